The van der Waals surface area contributed by atoms with E-state index in [1.165, 1.54) is 0 Å². The molecule has 0 saturated carbocycles. The van der Waals surface area contributed by atoms with Crippen molar-refractivity contribution in [3.63, 3.8) is 0 Å². The van der Waals surface area contributed by atoms with Gasteiger partial charge in [-0.1, -0.05) is 60.7 Å². The van der Waals surface area contributed by atoms with Crippen LogP contribution < -0.4 is 15.6 Å². The maximum absolute atomic E-state index is 12.4. The Hall–Kier alpha value is -3.12. The van der Waals surface area contributed by atoms with Crippen molar-refractivity contribution in [2.75, 3.05) is 12.4 Å². The molecule has 6 nitrogen and oxygen atoms in total. The molecule has 26 heavy (non-hydrogen) atoms. The van der Waals surface area contributed by atoms with Crippen LogP contribution >= 0.6 is 0 Å². The zero-order valence-electron chi connectivity index (χ0n) is 14.6. The van der Waals surface area contributed by atoms with Crippen LogP contribution in [-0.4, -0.2) is 17.0 Å². The number of hydrogen-bond acceptors (Lipinski definition) is 5. The first-order chi connectivity index (χ1) is 12.8. The minimum absolute atomic E-state index is 0.178. The third kappa shape index (κ3) is 4.70. The van der Waals surface area contributed by atoms with Gasteiger partial charge in [0.2, 0.25) is 11.7 Å². The van der Waals surface area contributed by atoms with Crippen molar-refractivity contribution in [3.8, 4) is 5.75 Å². The van der Waals surface area contributed by atoms with Gasteiger partial charge in [0.25, 0.3) is 5.56 Å². The van der Waals surface area contributed by atoms with Crippen molar-refractivity contribution in [1.82, 2.24) is 9.97 Å². The first-order valence-electron chi connectivity index (χ1n) is 8.35. The summed E-state index contributed by atoms with van der Waals surface area (Å²) in [5.74, 6) is 0.557. The lowest BCUT2D eigenvalue weighted by atomic mass is 10.2. The van der Waals surface area contributed by atoms with Crippen molar-refractivity contribution in [2.45, 2.75) is 19.8 Å². The lowest BCUT2D eigenvalue weighted by Gasteiger charge is -2.12. The molecule has 0 aliphatic heterocycles. The van der Waals surface area contributed by atoms with Crippen molar-refractivity contribution < 1.29 is 9.47 Å². The summed E-state index contributed by atoms with van der Waals surface area (Å²) in [4.78, 5) is 19.4. The Balaban J connectivity index is 1.73. The van der Waals surface area contributed by atoms with Crippen LogP contribution in [0, 0.1) is 0 Å². The van der Waals surface area contributed by atoms with Crippen molar-refractivity contribution in [2.24, 2.45) is 0 Å². The fourth-order valence-electron chi connectivity index (χ4n) is 2.44. The largest absolute Gasteiger partial charge is 0.482 e. The molecule has 0 saturated heterocycles. The normalized spacial score (nSPS) is 10.5. The van der Waals surface area contributed by atoms with Gasteiger partial charge in [0.1, 0.15) is 12.3 Å². The summed E-state index contributed by atoms with van der Waals surface area (Å²) in [5.41, 5.74) is 2.15. The molecule has 0 atom stereocenters. The van der Waals surface area contributed by atoms with E-state index in [2.05, 4.69) is 15.3 Å². The molecule has 0 aliphatic carbocycles. The van der Waals surface area contributed by atoms with Crippen LogP contribution in [0.25, 0.3) is 0 Å². The highest BCUT2D eigenvalue weighted by Gasteiger charge is 2.13. The minimum Gasteiger partial charge on any atom is -0.482 e. The van der Waals surface area contributed by atoms with Crippen LogP contribution in [0.4, 0.5) is 5.95 Å². The molecule has 0 aliphatic rings. The van der Waals surface area contributed by atoms with Crippen molar-refractivity contribution in [1.29, 1.82) is 0 Å². The molecule has 3 rings (SSSR count). The third-order valence-corrected chi connectivity index (χ3v) is 3.76. The van der Waals surface area contributed by atoms with Crippen LogP contribution in [0.15, 0.2) is 65.5 Å². The molecule has 1 aromatic heterocycles. The van der Waals surface area contributed by atoms with E-state index in [4.69, 9.17) is 9.47 Å². The Kier molecular flexibility index (Phi) is 6.01. The second-order valence-electron chi connectivity index (χ2n) is 5.69. The van der Waals surface area contributed by atoms with Crippen molar-refractivity contribution in [3.05, 3.63) is 87.8 Å². The molecule has 0 spiro atoms. The number of ether oxygens (including phenoxy) is 2. The zero-order valence-corrected chi connectivity index (χ0v) is 14.6. The minimum atomic E-state index is -0.335. The highest BCUT2D eigenvalue weighted by atomic mass is 16.5. The second kappa shape index (κ2) is 8.82. The number of anilines is 1. The monoisotopic (exact) mass is 351 g/mol. The van der Waals surface area contributed by atoms with Gasteiger partial charge in [-0.3, -0.25) is 9.78 Å². The molecule has 134 valence electrons. The molecule has 0 unspecified atom stereocenters. The number of H-pyrrole nitrogens is 1. The maximum atomic E-state index is 12.4. The van der Waals surface area contributed by atoms with Crippen LogP contribution in [0.2, 0.25) is 0 Å². The maximum Gasteiger partial charge on any atom is 0.295 e. The van der Waals surface area contributed by atoms with Gasteiger partial charge in [-0.15, -0.1) is 0 Å². The van der Waals surface area contributed by atoms with Crippen LogP contribution in [-0.2, 0) is 24.6 Å². The van der Waals surface area contributed by atoms with Crippen LogP contribution in [0.3, 0.4) is 0 Å². The van der Waals surface area contributed by atoms with Crippen LogP contribution in [0.5, 0.6) is 5.75 Å². The average Bonchev–Trinajstić information content (AvgIpc) is 2.68. The number of aromatic nitrogens is 2. The van der Waals surface area contributed by atoms with E-state index < -0.39 is 0 Å². The van der Waals surface area contributed by atoms with Gasteiger partial charge in [0, 0.05) is 7.05 Å². The van der Waals surface area contributed by atoms with E-state index >= 15 is 0 Å². The number of rotatable bonds is 8. The lowest BCUT2D eigenvalue weighted by Crippen LogP contribution is -2.18. The molecule has 3 aromatic rings. The van der Waals surface area contributed by atoms with Gasteiger partial charge in [-0.05, 0) is 11.1 Å². The van der Waals surface area contributed by atoms with Gasteiger partial charge >= 0.3 is 0 Å². The first kappa shape index (κ1) is 17.7. The highest BCUT2D eigenvalue weighted by Crippen LogP contribution is 2.16. The highest BCUT2D eigenvalue weighted by molar-refractivity contribution is 5.33. The molecule has 6 heteroatoms. The Morgan fingerprint density at radius 1 is 0.923 bits per heavy atom. The third-order valence-electron chi connectivity index (χ3n) is 3.76. The molecule has 0 amide bonds. The number of aromatic amines is 1. The van der Waals surface area contributed by atoms with E-state index in [0.29, 0.717) is 18.2 Å². The van der Waals surface area contributed by atoms with Gasteiger partial charge < -0.3 is 14.8 Å². The standard InChI is InChI=1S/C20H21N3O3/c1-21-20-22-17(14-25-12-15-8-4-2-5-9-15)18(19(24)23-20)26-13-16-10-6-3-7-11-16/h2-11H,12-14H2,1H3,(H2,21,22,23,24). The Morgan fingerprint density at radius 3 is 2.15 bits per heavy atom. The Bertz CT molecular complexity index is 880. The molecular weight excluding hydrogens is 330 g/mol. The fraction of sp³-hybridized carbons (Fsp3) is 0.200. The summed E-state index contributed by atoms with van der Waals surface area (Å²) >= 11 is 0. The smallest absolute Gasteiger partial charge is 0.295 e. The average molecular weight is 351 g/mol. The Morgan fingerprint density at radius 2 is 1.54 bits per heavy atom. The summed E-state index contributed by atoms with van der Waals surface area (Å²) in [6.45, 7) is 0.899. The summed E-state index contributed by atoms with van der Waals surface area (Å²) in [7, 11) is 1.69. The SMILES string of the molecule is CNc1nc(COCc2ccccc2)c(OCc2ccccc2)c(=O)[nH]1. The van der Waals surface area contributed by atoms with E-state index in [0.717, 1.165) is 11.1 Å². The van der Waals surface area contributed by atoms with E-state index in [-0.39, 0.29) is 24.5 Å². The number of hydrogen-bond donors (Lipinski definition) is 2. The molecular formula is C20H21N3O3. The van der Waals surface area contributed by atoms with Gasteiger partial charge in [0.15, 0.2) is 0 Å². The molecule has 2 N–H and O–H groups in total. The van der Waals surface area contributed by atoms with Crippen LogP contribution in [0.1, 0.15) is 16.8 Å². The van der Waals surface area contributed by atoms with Crippen molar-refractivity contribution >= 4 is 5.95 Å². The summed E-state index contributed by atoms with van der Waals surface area (Å²) < 4.78 is 11.5. The molecule has 0 fully saturated rings. The molecule has 0 bridgehead atoms. The summed E-state index contributed by atoms with van der Waals surface area (Å²) in [6.07, 6.45) is 0. The van der Waals surface area contributed by atoms with E-state index in [1.54, 1.807) is 7.05 Å². The zero-order chi connectivity index (χ0) is 18.2. The second-order valence-corrected chi connectivity index (χ2v) is 5.69. The summed E-state index contributed by atoms with van der Waals surface area (Å²) in [6, 6.07) is 19.5. The van der Waals surface area contributed by atoms with Gasteiger partial charge in [0.05, 0.1) is 13.2 Å². The predicted octanol–water partition coefficient (Wildman–Crippen LogP) is 3.11. The quantitative estimate of drug-likeness (QED) is 0.652. The summed E-state index contributed by atoms with van der Waals surface area (Å²) in [5, 5.41) is 2.84. The van der Waals surface area contributed by atoms with E-state index in [9.17, 15) is 4.79 Å². The van der Waals surface area contributed by atoms with E-state index in [1.807, 2.05) is 60.7 Å². The Labute approximate surface area is 151 Å². The number of benzene rings is 2. The number of nitrogens with zero attached hydrogens (tertiary/aromatic N) is 1. The first-order valence-corrected chi connectivity index (χ1v) is 8.35. The predicted molar refractivity (Wildman–Crippen MR) is 100 cm³/mol. The fourth-order valence-corrected chi connectivity index (χ4v) is 2.44. The van der Waals surface area contributed by atoms with Gasteiger partial charge in [-0.2, -0.15) is 0 Å². The molecule has 0 radical (unpaired) electrons. The van der Waals surface area contributed by atoms with Gasteiger partial charge in [-0.25, -0.2) is 4.98 Å². The molecule has 2 aromatic carbocycles. The topological polar surface area (TPSA) is 76.2 Å². The number of nitrogens with one attached hydrogen (secondary N) is 2. The molecule has 1 heterocycles. The lowest BCUT2D eigenvalue weighted by molar-refractivity contribution is 0.101.